The number of alkyl halides is 1. The second-order valence-corrected chi connectivity index (χ2v) is 6.52. The molecule has 0 aromatic rings. The minimum Gasteiger partial charge on any atom is -0.215 e. The van der Waals surface area contributed by atoms with Gasteiger partial charge in [0.25, 0.3) is 0 Å². The molecule has 0 heterocycles. The van der Waals surface area contributed by atoms with Crippen LogP contribution in [0.5, 0.6) is 0 Å². The fourth-order valence-electron chi connectivity index (χ4n) is 1.92. The Hall–Kier alpha value is 0.200. The van der Waals surface area contributed by atoms with Crippen LogP contribution in [0.15, 0.2) is 0 Å². The van der Waals surface area contributed by atoms with Gasteiger partial charge in [-0.25, -0.2) is 13.1 Å². The number of rotatable bonds is 7. The van der Waals surface area contributed by atoms with Crippen LogP contribution in [0, 0.1) is 5.92 Å². The Labute approximate surface area is 97.6 Å². The molecule has 0 saturated heterocycles. The van der Waals surface area contributed by atoms with E-state index in [1.54, 1.807) is 0 Å². The molecule has 3 nitrogen and oxygen atoms in total. The van der Waals surface area contributed by atoms with Crippen LogP contribution in [0.2, 0.25) is 0 Å². The van der Waals surface area contributed by atoms with E-state index in [1.165, 1.54) is 25.7 Å². The normalized spacial score (nSPS) is 18.5. The van der Waals surface area contributed by atoms with E-state index in [0.717, 1.165) is 6.42 Å². The fraction of sp³-hybridized carbons (Fsp3) is 1.00. The van der Waals surface area contributed by atoms with Crippen LogP contribution in [0.25, 0.3) is 0 Å². The lowest BCUT2D eigenvalue weighted by atomic mass is 10.1. The number of unbranched alkanes of at least 4 members (excludes halogenated alkanes) is 1. The zero-order valence-corrected chi connectivity index (χ0v) is 10.6. The van der Waals surface area contributed by atoms with Crippen LogP contribution < -0.4 is 4.72 Å². The van der Waals surface area contributed by atoms with E-state index in [0.29, 0.717) is 24.8 Å². The first-order valence-electron chi connectivity index (χ1n) is 5.67. The van der Waals surface area contributed by atoms with Gasteiger partial charge in [-0.2, -0.15) is 0 Å². The third-order valence-corrected chi connectivity index (χ3v) is 4.56. The molecular formula is C10H20ClNO2S. The predicted octanol–water partition coefficient (Wildman–Crippen LogP) is 2.12. The molecule has 1 aliphatic rings. The van der Waals surface area contributed by atoms with Crippen molar-refractivity contribution in [2.45, 2.75) is 38.5 Å². The quantitative estimate of drug-likeness (QED) is 0.558. The van der Waals surface area contributed by atoms with Crippen LogP contribution in [-0.2, 0) is 10.0 Å². The van der Waals surface area contributed by atoms with Crippen molar-refractivity contribution in [2.75, 3.05) is 18.2 Å². The summed E-state index contributed by atoms with van der Waals surface area (Å²) in [6, 6.07) is 0. The number of halogens is 1. The maximum atomic E-state index is 11.5. The summed E-state index contributed by atoms with van der Waals surface area (Å²) in [4.78, 5) is 0. The highest BCUT2D eigenvalue weighted by Crippen LogP contribution is 2.23. The molecule has 0 radical (unpaired) electrons. The molecule has 5 heteroatoms. The van der Waals surface area contributed by atoms with Gasteiger partial charge < -0.3 is 0 Å². The fourth-order valence-corrected chi connectivity index (χ4v) is 3.33. The molecule has 1 N–H and O–H groups in total. The molecule has 90 valence electrons. The zero-order valence-electron chi connectivity index (χ0n) is 9.04. The van der Waals surface area contributed by atoms with Crippen LogP contribution in [-0.4, -0.2) is 26.6 Å². The predicted molar refractivity (Wildman–Crippen MR) is 63.7 cm³/mol. The number of hydrogen-bond donors (Lipinski definition) is 1. The van der Waals surface area contributed by atoms with Crippen molar-refractivity contribution in [3.05, 3.63) is 0 Å². The Morgan fingerprint density at radius 3 is 2.47 bits per heavy atom. The summed E-state index contributed by atoms with van der Waals surface area (Å²) in [6.07, 6.45) is 6.26. The van der Waals surface area contributed by atoms with Gasteiger partial charge in [-0.05, 0) is 31.6 Å². The Morgan fingerprint density at radius 1 is 1.20 bits per heavy atom. The molecule has 15 heavy (non-hydrogen) atoms. The molecule has 0 bridgehead atoms. The van der Waals surface area contributed by atoms with Crippen molar-refractivity contribution < 1.29 is 8.42 Å². The summed E-state index contributed by atoms with van der Waals surface area (Å²) in [5.41, 5.74) is 0. The third-order valence-electron chi connectivity index (χ3n) is 2.86. The van der Waals surface area contributed by atoms with Gasteiger partial charge in [-0.15, -0.1) is 11.6 Å². The molecule has 0 unspecified atom stereocenters. The second kappa shape index (κ2) is 6.71. The highest BCUT2D eigenvalue weighted by atomic mass is 35.5. The lowest BCUT2D eigenvalue weighted by molar-refractivity contribution is 0.518. The van der Waals surface area contributed by atoms with Crippen LogP contribution in [0.4, 0.5) is 0 Å². The first-order chi connectivity index (χ1) is 7.14. The Balaban J connectivity index is 2.17. The number of sulfonamides is 1. The molecule has 0 aliphatic heterocycles. The molecular weight excluding hydrogens is 234 g/mol. The molecule has 0 amide bonds. The maximum Gasteiger partial charge on any atom is 0.211 e. The van der Waals surface area contributed by atoms with E-state index in [1.807, 2.05) is 0 Å². The van der Waals surface area contributed by atoms with Gasteiger partial charge in [0.05, 0.1) is 5.75 Å². The highest BCUT2D eigenvalue weighted by Gasteiger charge is 2.17. The summed E-state index contributed by atoms with van der Waals surface area (Å²) >= 11 is 5.50. The topological polar surface area (TPSA) is 46.2 Å². The molecule has 0 aromatic carbocycles. The van der Waals surface area contributed by atoms with Crippen molar-refractivity contribution >= 4 is 21.6 Å². The largest absolute Gasteiger partial charge is 0.215 e. The Bertz CT molecular complexity index is 261. The SMILES string of the molecule is O=S(=O)(CCCCCl)NCC1CCCC1. The summed E-state index contributed by atoms with van der Waals surface area (Å²) in [5.74, 6) is 1.32. The minimum atomic E-state index is -3.05. The summed E-state index contributed by atoms with van der Waals surface area (Å²) in [5, 5.41) is 0. The molecule has 0 aromatic heterocycles. The highest BCUT2D eigenvalue weighted by molar-refractivity contribution is 7.89. The first-order valence-corrected chi connectivity index (χ1v) is 7.86. The summed E-state index contributed by atoms with van der Waals surface area (Å²) in [6.45, 7) is 0.628. The van der Waals surface area contributed by atoms with E-state index in [9.17, 15) is 8.42 Å². The van der Waals surface area contributed by atoms with E-state index >= 15 is 0 Å². The van der Waals surface area contributed by atoms with Crippen molar-refractivity contribution in [3.8, 4) is 0 Å². The second-order valence-electron chi connectivity index (χ2n) is 4.21. The van der Waals surface area contributed by atoms with Crippen LogP contribution in [0.1, 0.15) is 38.5 Å². The maximum absolute atomic E-state index is 11.5. The lowest BCUT2D eigenvalue weighted by Gasteiger charge is -2.10. The van der Waals surface area contributed by atoms with E-state index < -0.39 is 10.0 Å². The van der Waals surface area contributed by atoms with Gasteiger partial charge in [0.2, 0.25) is 10.0 Å². The average Bonchev–Trinajstić information content (AvgIpc) is 2.68. The van der Waals surface area contributed by atoms with Crippen LogP contribution >= 0.6 is 11.6 Å². The molecule has 0 spiro atoms. The van der Waals surface area contributed by atoms with Crippen molar-refractivity contribution in [2.24, 2.45) is 5.92 Å². The summed E-state index contributed by atoms with van der Waals surface area (Å²) < 4.78 is 25.7. The smallest absolute Gasteiger partial charge is 0.211 e. The monoisotopic (exact) mass is 253 g/mol. The van der Waals surface area contributed by atoms with Crippen LogP contribution in [0.3, 0.4) is 0 Å². The van der Waals surface area contributed by atoms with Crippen molar-refractivity contribution in [1.29, 1.82) is 0 Å². The molecule has 0 atom stereocenters. The summed E-state index contributed by atoms with van der Waals surface area (Å²) in [7, 11) is -3.05. The van der Waals surface area contributed by atoms with E-state index in [2.05, 4.69) is 4.72 Å². The van der Waals surface area contributed by atoms with Gasteiger partial charge in [-0.3, -0.25) is 0 Å². The third kappa shape index (κ3) is 5.73. The van der Waals surface area contributed by atoms with Gasteiger partial charge in [0.1, 0.15) is 0 Å². The van der Waals surface area contributed by atoms with Gasteiger partial charge in [0.15, 0.2) is 0 Å². The Morgan fingerprint density at radius 2 is 1.87 bits per heavy atom. The standard InChI is InChI=1S/C10H20ClNO2S/c11-7-3-4-8-15(13,14)12-9-10-5-1-2-6-10/h10,12H,1-9H2. The van der Waals surface area contributed by atoms with Crippen molar-refractivity contribution in [3.63, 3.8) is 0 Å². The molecule has 1 fully saturated rings. The van der Waals surface area contributed by atoms with Crippen molar-refractivity contribution in [1.82, 2.24) is 4.72 Å². The van der Waals surface area contributed by atoms with E-state index in [4.69, 9.17) is 11.6 Å². The first kappa shape index (κ1) is 13.3. The van der Waals surface area contributed by atoms with Gasteiger partial charge in [0, 0.05) is 12.4 Å². The zero-order chi connectivity index (χ0) is 11.1. The molecule has 1 aliphatic carbocycles. The average molecular weight is 254 g/mol. The minimum absolute atomic E-state index is 0.215. The van der Waals surface area contributed by atoms with E-state index in [-0.39, 0.29) is 5.75 Å². The molecule has 1 rings (SSSR count). The molecule has 1 saturated carbocycles. The van der Waals surface area contributed by atoms with Gasteiger partial charge >= 0.3 is 0 Å². The lowest BCUT2D eigenvalue weighted by Crippen LogP contribution is -2.30. The number of hydrogen-bond acceptors (Lipinski definition) is 2. The van der Waals surface area contributed by atoms with Gasteiger partial charge in [-0.1, -0.05) is 12.8 Å². The number of nitrogens with one attached hydrogen (secondary N) is 1. The Kier molecular flexibility index (Phi) is 5.94.